The fraction of sp³-hybridized carbons (Fsp3) is 0.250. The molecule has 0 unspecified atom stereocenters. The summed E-state index contributed by atoms with van der Waals surface area (Å²) in [5.74, 6) is -0.910. The molecule has 16 heavy (non-hydrogen) atoms. The number of aromatic carboxylic acids is 1. The van der Waals surface area contributed by atoms with E-state index in [1.165, 1.54) is 0 Å². The van der Waals surface area contributed by atoms with Crippen LogP contribution in [0.4, 0.5) is 0 Å². The lowest BCUT2D eigenvalue weighted by atomic mass is 10.1. The van der Waals surface area contributed by atoms with E-state index in [1.807, 2.05) is 12.1 Å². The summed E-state index contributed by atoms with van der Waals surface area (Å²) >= 11 is 3.36. The van der Waals surface area contributed by atoms with Gasteiger partial charge in [0, 0.05) is 11.0 Å². The summed E-state index contributed by atoms with van der Waals surface area (Å²) in [5, 5.41) is 12.0. The third-order valence-corrected chi connectivity index (χ3v) is 2.88. The molecule has 0 atom stereocenters. The third kappa shape index (κ3) is 3.79. The standard InChI is InChI=1S/C12H14BrNO2/c1-2-3-6-14-8-10-5-4-9(12(15)16)7-11(10)13/h2,4-5,7,14H,1,3,6,8H2,(H,15,16). The van der Waals surface area contributed by atoms with Crippen molar-refractivity contribution in [2.24, 2.45) is 0 Å². The Morgan fingerprint density at radius 3 is 2.88 bits per heavy atom. The normalized spacial score (nSPS) is 10.1. The molecular weight excluding hydrogens is 270 g/mol. The summed E-state index contributed by atoms with van der Waals surface area (Å²) in [6.45, 7) is 5.23. The van der Waals surface area contributed by atoms with Crippen LogP contribution in [0, 0.1) is 0 Å². The molecule has 0 aliphatic carbocycles. The molecule has 1 rings (SSSR count). The lowest BCUT2D eigenvalue weighted by Crippen LogP contribution is -2.14. The minimum atomic E-state index is -0.910. The van der Waals surface area contributed by atoms with E-state index < -0.39 is 5.97 Å². The molecule has 0 aliphatic heterocycles. The Morgan fingerprint density at radius 2 is 2.31 bits per heavy atom. The number of carboxylic acid groups (broad SMARTS) is 1. The second kappa shape index (κ2) is 6.45. The van der Waals surface area contributed by atoms with Gasteiger partial charge in [-0.3, -0.25) is 0 Å². The molecule has 3 nitrogen and oxygen atoms in total. The van der Waals surface area contributed by atoms with Crippen LogP contribution in [0.1, 0.15) is 22.3 Å². The number of carbonyl (C=O) groups is 1. The van der Waals surface area contributed by atoms with E-state index >= 15 is 0 Å². The van der Waals surface area contributed by atoms with E-state index in [-0.39, 0.29) is 0 Å². The van der Waals surface area contributed by atoms with Crippen molar-refractivity contribution < 1.29 is 9.90 Å². The largest absolute Gasteiger partial charge is 0.478 e. The van der Waals surface area contributed by atoms with Gasteiger partial charge in [-0.15, -0.1) is 6.58 Å². The number of benzene rings is 1. The van der Waals surface area contributed by atoms with Crippen LogP contribution in [-0.2, 0) is 6.54 Å². The molecule has 0 aliphatic rings. The molecule has 0 heterocycles. The summed E-state index contributed by atoms with van der Waals surface area (Å²) in [7, 11) is 0. The maximum atomic E-state index is 10.7. The summed E-state index contributed by atoms with van der Waals surface area (Å²) in [5.41, 5.74) is 1.34. The minimum Gasteiger partial charge on any atom is -0.478 e. The van der Waals surface area contributed by atoms with E-state index in [2.05, 4.69) is 27.8 Å². The van der Waals surface area contributed by atoms with Gasteiger partial charge in [-0.1, -0.05) is 28.1 Å². The maximum absolute atomic E-state index is 10.7. The second-order valence-electron chi connectivity index (χ2n) is 3.37. The molecule has 0 radical (unpaired) electrons. The van der Waals surface area contributed by atoms with Gasteiger partial charge in [-0.25, -0.2) is 4.79 Å². The zero-order valence-electron chi connectivity index (χ0n) is 8.87. The average Bonchev–Trinajstić information content (AvgIpc) is 2.26. The molecule has 0 amide bonds. The second-order valence-corrected chi connectivity index (χ2v) is 4.22. The fourth-order valence-electron chi connectivity index (χ4n) is 1.25. The number of rotatable bonds is 6. The molecule has 1 aromatic carbocycles. The van der Waals surface area contributed by atoms with Crippen molar-refractivity contribution in [3.8, 4) is 0 Å². The molecule has 1 aromatic rings. The van der Waals surface area contributed by atoms with E-state index in [9.17, 15) is 4.79 Å². The maximum Gasteiger partial charge on any atom is 0.335 e. The number of carboxylic acids is 1. The number of nitrogens with one attached hydrogen (secondary N) is 1. The van der Waals surface area contributed by atoms with Crippen LogP contribution in [0.15, 0.2) is 35.3 Å². The van der Waals surface area contributed by atoms with Crippen LogP contribution in [0.5, 0.6) is 0 Å². The van der Waals surface area contributed by atoms with Gasteiger partial charge < -0.3 is 10.4 Å². The highest BCUT2D eigenvalue weighted by Crippen LogP contribution is 2.18. The van der Waals surface area contributed by atoms with Gasteiger partial charge in [0.2, 0.25) is 0 Å². The van der Waals surface area contributed by atoms with Crippen LogP contribution in [0.3, 0.4) is 0 Å². The van der Waals surface area contributed by atoms with Gasteiger partial charge in [0.15, 0.2) is 0 Å². The van der Waals surface area contributed by atoms with Gasteiger partial charge >= 0.3 is 5.97 Å². The quantitative estimate of drug-likeness (QED) is 0.624. The molecule has 0 bridgehead atoms. The van der Waals surface area contributed by atoms with Gasteiger partial charge in [0.05, 0.1) is 5.56 Å². The number of hydrogen-bond acceptors (Lipinski definition) is 2. The van der Waals surface area contributed by atoms with Crippen molar-refractivity contribution in [3.63, 3.8) is 0 Å². The Labute approximate surface area is 103 Å². The van der Waals surface area contributed by atoms with Crippen LogP contribution in [-0.4, -0.2) is 17.6 Å². The fourth-order valence-corrected chi connectivity index (χ4v) is 1.77. The molecule has 0 fully saturated rings. The van der Waals surface area contributed by atoms with Gasteiger partial charge in [0.1, 0.15) is 0 Å². The molecule has 86 valence electrons. The molecule has 0 saturated heterocycles. The Kier molecular flexibility index (Phi) is 5.22. The third-order valence-electron chi connectivity index (χ3n) is 2.14. The predicted octanol–water partition coefficient (Wildman–Crippen LogP) is 2.81. The van der Waals surface area contributed by atoms with Crippen LogP contribution < -0.4 is 5.32 Å². The lowest BCUT2D eigenvalue weighted by Gasteiger charge is -2.06. The first-order valence-electron chi connectivity index (χ1n) is 4.98. The number of hydrogen-bond donors (Lipinski definition) is 2. The van der Waals surface area contributed by atoms with Gasteiger partial charge in [0.25, 0.3) is 0 Å². The van der Waals surface area contributed by atoms with Crippen LogP contribution in [0.2, 0.25) is 0 Å². The molecule has 4 heteroatoms. The Balaban J connectivity index is 2.61. The SMILES string of the molecule is C=CCCNCc1ccc(C(=O)O)cc1Br. The molecule has 0 saturated carbocycles. The molecule has 0 spiro atoms. The summed E-state index contributed by atoms with van der Waals surface area (Å²) in [6, 6.07) is 5.04. The van der Waals surface area contributed by atoms with E-state index in [0.29, 0.717) is 12.1 Å². The average molecular weight is 284 g/mol. The molecular formula is C12H14BrNO2. The van der Waals surface area contributed by atoms with Crippen molar-refractivity contribution >= 4 is 21.9 Å². The van der Waals surface area contributed by atoms with E-state index in [4.69, 9.17) is 5.11 Å². The van der Waals surface area contributed by atoms with Gasteiger partial charge in [-0.2, -0.15) is 0 Å². The molecule has 0 aromatic heterocycles. The molecule has 2 N–H and O–H groups in total. The summed E-state index contributed by atoms with van der Waals surface area (Å²) < 4.78 is 0.818. The smallest absolute Gasteiger partial charge is 0.335 e. The Morgan fingerprint density at radius 1 is 1.56 bits per heavy atom. The Hall–Kier alpha value is -1.13. The van der Waals surface area contributed by atoms with Crippen molar-refractivity contribution in [2.75, 3.05) is 6.54 Å². The first-order chi connectivity index (χ1) is 7.65. The predicted molar refractivity (Wildman–Crippen MR) is 67.6 cm³/mol. The summed E-state index contributed by atoms with van der Waals surface area (Å²) in [6.07, 6.45) is 2.78. The van der Waals surface area contributed by atoms with Crippen LogP contribution in [0.25, 0.3) is 0 Å². The number of halogens is 1. The summed E-state index contributed by atoms with van der Waals surface area (Å²) in [4.78, 5) is 10.7. The topological polar surface area (TPSA) is 49.3 Å². The highest BCUT2D eigenvalue weighted by atomic mass is 79.9. The zero-order valence-corrected chi connectivity index (χ0v) is 10.5. The highest BCUT2D eigenvalue weighted by Gasteiger charge is 2.05. The van der Waals surface area contributed by atoms with Gasteiger partial charge in [-0.05, 0) is 30.7 Å². The van der Waals surface area contributed by atoms with Crippen LogP contribution >= 0.6 is 15.9 Å². The highest BCUT2D eigenvalue weighted by molar-refractivity contribution is 9.10. The van der Waals surface area contributed by atoms with E-state index in [0.717, 1.165) is 23.0 Å². The Bertz CT molecular complexity index is 391. The van der Waals surface area contributed by atoms with E-state index in [1.54, 1.807) is 12.1 Å². The minimum absolute atomic E-state index is 0.293. The zero-order chi connectivity index (χ0) is 12.0. The monoisotopic (exact) mass is 283 g/mol. The lowest BCUT2D eigenvalue weighted by molar-refractivity contribution is 0.0697. The first kappa shape index (κ1) is 12.9. The van der Waals surface area contributed by atoms with Crippen molar-refractivity contribution in [3.05, 3.63) is 46.5 Å². The van der Waals surface area contributed by atoms with Crippen molar-refractivity contribution in [1.82, 2.24) is 5.32 Å². The first-order valence-corrected chi connectivity index (χ1v) is 5.77. The van der Waals surface area contributed by atoms with Crippen molar-refractivity contribution in [1.29, 1.82) is 0 Å². The van der Waals surface area contributed by atoms with Crippen molar-refractivity contribution in [2.45, 2.75) is 13.0 Å².